The van der Waals surface area contributed by atoms with Crippen molar-refractivity contribution < 1.29 is 32.2 Å². The van der Waals surface area contributed by atoms with Crippen LogP contribution in [0.25, 0.3) is 0 Å². The van der Waals surface area contributed by atoms with Gasteiger partial charge in [0.2, 0.25) is 10.0 Å². The summed E-state index contributed by atoms with van der Waals surface area (Å²) < 4.78 is 43.9. The SMILES string of the molecule is CC(C)C(NS(=O)(=O)c1ccc2c(c1)OCCO2)C(=O)OCC(=O)Nc1ccccc1. The molecule has 9 nitrogen and oxygen atoms in total. The summed E-state index contributed by atoms with van der Waals surface area (Å²) >= 11 is 0. The molecule has 0 fully saturated rings. The van der Waals surface area contributed by atoms with E-state index in [9.17, 15) is 18.0 Å². The zero-order chi connectivity index (χ0) is 22.4. The van der Waals surface area contributed by atoms with E-state index in [-0.39, 0.29) is 4.90 Å². The third-order valence-corrected chi connectivity index (χ3v) is 5.87. The van der Waals surface area contributed by atoms with E-state index in [1.54, 1.807) is 44.2 Å². The summed E-state index contributed by atoms with van der Waals surface area (Å²) in [5.41, 5.74) is 0.559. The van der Waals surface area contributed by atoms with Crippen molar-refractivity contribution in [1.29, 1.82) is 0 Å². The lowest BCUT2D eigenvalue weighted by Gasteiger charge is -2.22. The Morgan fingerprint density at radius 3 is 2.39 bits per heavy atom. The lowest BCUT2D eigenvalue weighted by atomic mass is 10.1. The molecule has 1 heterocycles. The fourth-order valence-corrected chi connectivity index (χ4v) is 4.18. The molecular formula is C21H24N2O7S. The first-order chi connectivity index (χ1) is 14.8. The van der Waals surface area contributed by atoms with Gasteiger partial charge in [-0.2, -0.15) is 4.72 Å². The van der Waals surface area contributed by atoms with E-state index in [0.717, 1.165) is 0 Å². The molecular weight excluding hydrogens is 424 g/mol. The molecule has 2 N–H and O–H groups in total. The number of anilines is 1. The number of nitrogens with one attached hydrogen (secondary N) is 2. The highest BCUT2D eigenvalue weighted by atomic mass is 32.2. The molecule has 0 aliphatic carbocycles. The average molecular weight is 448 g/mol. The smallest absolute Gasteiger partial charge is 0.324 e. The van der Waals surface area contributed by atoms with Crippen molar-refractivity contribution in [2.45, 2.75) is 24.8 Å². The molecule has 3 rings (SSSR count). The minimum atomic E-state index is -4.06. The molecule has 1 aliphatic rings. The summed E-state index contributed by atoms with van der Waals surface area (Å²) in [5.74, 6) is -1.03. The number of hydrogen-bond donors (Lipinski definition) is 2. The van der Waals surface area contributed by atoms with Crippen LogP contribution in [0.5, 0.6) is 11.5 Å². The number of hydrogen-bond acceptors (Lipinski definition) is 7. The topological polar surface area (TPSA) is 120 Å². The van der Waals surface area contributed by atoms with Crippen molar-refractivity contribution in [3.8, 4) is 11.5 Å². The highest BCUT2D eigenvalue weighted by Crippen LogP contribution is 2.32. The third-order valence-electron chi connectivity index (χ3n) is 4.43. The number of sulfonamides is 1. The van der Waals surface area contributed by atoms with E-state index in [4.69, 9.17) is 14.2 Å². The number of carbonyl (C=O) groups is 2. The van der Waals surface area contributed by atoms with Gasteiger partial charge in [-0.3, -0.25) is 9.59 Å². The van der Waals surface area contributed by atoms with Crippen LogP contribution in [0.3, 0.4) is 0 Å². The second-order valence-electron chi connectivity index (χ2n) is 7.17. The zero-order valence-electron chi connectivity index (χ0n) is 17.2. The van der Waals surface area contributed by atoms with E-state index < -0.39 is 40.5 Å². The molecule has 10 heteroatoms. The van der Waals surface area contributed by atoms with Crippen LogP contribution in [0.2, 0.25) is 0 Å². The molecule has 2 aromatic rings. The van der Waals surface area contributed by atoms with Gasteiger partial charge >= 0.3 is 5.97 Å². The number of ether oxygens (including phenoxy) is 3. The summed E-state index contributed by atoms with van der Waals surface area (Å²) in [6.07, 6.45) is 0. The van der Waals surface area contributed by atoms with Crippen LogP contribution in [0.4, 0.5) is 5.69 Å². The predicted molar refractivity (Wildman–Crippen MR) is 112 cm³/mol. The molecule has 1 atom stereocenters. The number of para-hydroxylation sites is 1. The number of fused-ring (bicyclic) bond motifs is 1. The first-order valence-corrected chi connectivity index (χ1v) is 11.2. The Morgan fingerprint density at radius 2 is 1.71 bits per heavy atom. The standard InChI is InChI=1S/C21H24N2O7S/c1-14(2)20(21(25)30-13-19(24)22-15-6-4-3-5-7-15)23-31(26,27)16-8-9-17-18(12-16)29-11-10-28-17/h3-9,12,14,20,23H,10-11,13H2,1-2H3,(H,22,24). The number of benzene rings is 2. The Hall–Kier alpha value is -3.11. The van der Waals surface area contributed by atoms with Gasteiger partial charge in [-0.15, -0.1) is 0 Å². The largest absolute Gasteiger partial charge is 0.486 e. The first kappa shape index (κ1) is 22.6. The predicted octanol–water partition coefficient (Wildman–Crippen LogP) is 1.94. The molecule has 0 saturated heterocycles. The van der Waals surface area contributed by atoms with Gasteiger partial charge in [-0.25, -0.2) is 8.42 Å². The summed E-state index contributed by atoms with van der Waals surface area (Å²) in [4.78, 5) is 24.4. The molecule has 0 bridgehead atoms. The maximum absolute atomic E-state index is 12.8. The second kappa shape index (κ2) is 9.80. The molecule has 0 aromatic heterocycles. The number of esters is 1. The molecule has 1 amide bonds. The van der Waals surface area contributed by atoms with E-state index in [0.29, 0.717) is 30.4 Å². The highest BCUT2D eigenvalue weighted by molar-refractivity contribution is 7.89. The molecule has 0 spiro atoms. The third kappa shape index (κ3) is 5.96. The molecule has 2 aromatic carbocycles. The highest BCUT2D eigenvalue weighted by Gasteiger charge is 2.31. The molecule has 31 heavy (non-hydrogen) atoms. The van der Waals surface area contributed by atoms with Crippen molar-refractivity contribution in [2.24, 2.45) is 5.92 Å². The maximum Gasteiger partial charge on any atom is 0.324 e. The van der Waals surface area contributed by atoms with Crippen LogP contribution in [-0.4, -0.2) is 46.2 Å². The molecule has 0 saturated carbocycles. The quantitative estimate of drug-likeness (QED) is 0.592. The van der Waals surface area contributed by atoms with Gasteiger partial charge in [0.25, 0.3) is 5.91 Å². The summed E-state index contributed by atoms with van der Waals surface area (Å²) in [6.45, 7) is 3.50. The average Bonchev–Trinajstić information content (AvgIpc) is 2.76. The van der Waals surface area contributed by atoms with Crippen molar-refractivity contribution in [2.75, 3.05) is 25.1 Å². The fourth-order valence-electron chi connectivity index (χ4n) is 2.83. The normalized spacial score (nSPS) is 14.0. The second-order valence-corrected chi connectivity index (χ2v) is 8.88. The van der Waals surface area contributed by atoms with Crippen molar-refractivity contribution in [3.63, 3.8) is 0 Å². The lowest BCUT2D eigenvalue weighted by Crippen LogP contribution is -2.45. The number of amides is 1. The molecule has 1 unspecified atom stereocenters. The van der Waals surface area contributed by atoms with Gasteiger partial charge in [0.15, 0.2) is 18.1 Å². The van der Waals surface area contributed by atoms with Gasteiger partial charge in [0, 0.05) is 11.8 Å². The van der Waals surface area contributed by atoms with Crippen molar-refractivity contribution in [1.82, 2.24) is 4.72 Å². The van der Waals surface area contributed by atoms with E-state index >= 15 is 0 Å². The van der Waals surface area contributed by atoms with E-state index in [2.05, 4.69) is 10.0 Å². The van der Waals surface area contributed by atoms with Crippen LogP contribution in [0.1, 0.15) is 13.8 Å². The first-order valence-electron chi connectivity index (χ1n) is 9.70. The van der Waals surface area contributed by atoms with Crippen LogP contribution >= 0.6 is 0 Å². The Bertz CT molecular complexity index is 1040. The van der Waals surface area contributed by atoms with Crippen molar-refractivity contribution >= 4 is 27.6 Å². The summed E-state index contributed by atoms with van der Waals surface area (Å²) in [6, 6.07) is 11.7. The minimum Gasteiger partial charge on any atom is -0.486 e. The Kier molecular flexibility index (Phi) is 7.13. The minimum absolute atomic E-state index is 0.0722. The molecule has 166 valence electrons. The van der Waals surface area contributed by atoms with Gasteiger partial charge in [0.1, 0.15) is 19.3 Å². The van der Waals surface area contributed by atoms with Crippen LogP contribution < -0.4 is 19.5 Å². The van der Waals surface area contributed by atoms with Crippen LogP contribution in [0.15, 0.2) is 53.4 Å². The zero-order valence-corrected chi connectivity index (χ0v) is 18.0. The van der Waals surface area contributed by atoms with Crippen molar-refractivity contribution in [3.05, 3.63) is 48.5 Å². The van der Waals surface area contributed by atoms with Gasteiger partial charge < -0.3 is 19.5 Å². The Balaban J connectivity index is 1.64. The fraction of sp³-hybridized carbons (Fsp3) is 0.333. The van der Waals surface area contributed by atoms with Crippen LogP contribution in [0, 0.1) is 5.92 Å². The monoisotopic (exact) mass is 448 g/mol. The molecule has 1 aliphatic heterocycles. The van der Waals surface area contributed by atoms with Gasteiger partial charge in [-0.1, -0.05) is 32.0 Å². The van der Waals surface area contributed by atoms with E-state index in [1.807, 2.05) is 0 Å². The van der Waals surface area contributed by atoms with Gasteiger partial charge in [0.05, 0.1) is 4.90 Å². The number of carbonyl (C=O) groups excluding carboxylic acids is 2. The Morgan fingerprint density at radius 1 is 1.03 bits per heavy atom. The lowest BCUT2D eigenvalue weighted by molar-refractivity contribution is -0.150. The van der Waals surface area contributed by atoms with Gasteiger partial charge in [-0.05, 0) is 30.2 Å². The maximum atomic E-state index is 12.8. The summed E-state index contributed by atoms with van der Waals surface area (Å²) in [7, 11) is -4.06. The van der Waals surface area contributed by atoms with Crippen LogP contribution in [-0.2, 0) is 24.3 Å². The van der Waals surface area contributed by atoms with E-state index in [1.165, 1.54) is 18.2 Å². The molecule has 0 radical (unpaired) electrons. The Labute approximate surface area is 180 Å². The summed E-state index contributed by atoms with van der Waals surface area (Å²) in [5, 5.41) is 2.59. The number of rotatable bonds is 8.